The number of hydrogen-bond donors (Lipinski definition) is 1. The number of piperidine rings is 1. The molecule has 1 aliphatic heterocycles. The van der Waals surface area contributed by atoms with Crippen molar-refractivity contribution in [3.8, 4) is 0 Å². The zero-order valence-corrected chi connectivity index (χ0v) is 14.5. The molecule has 0 bridgehead atoms. The topological polar surface area (TPSA) is 67.4 Å². The van der Waals surface area contributed by atoms with Crippen LogP contribution in [0.2, 0.25) is 0 Å². The van der Waals surface area contributed by atoms with Gasteiger partial charge in [0.05, 0.1) is 17.1 Å². The number of aromatic nitrogens is 2. The van der Waals surface area contributed by atoms with Gasteiger partial charge in [0.2, 0.25) is 5.91 Å². The first-order chi connectivity index (χ1) is 12.2. The van der Waals surface area contributed by atoms with Crippen LogP contribution in [0, 0.1) is 5.82 Å². The lowest BCUT2D eigenvalue weighted by molar-refractivity contribution is -0.140. The van der Waals surface area contributed by atoms with Gasteiger partial charge in [-0.05, 0) is 37.5 Å². The SMILES string of the molecule is CCCO[C@H]1CCCN(C(=O)COCc2nc3ccc(F)cc3[nH]2)C1. The molecule has 1 aliphatic rings. The van der Waals surface area contributed by atoms with E-state index in [1.165, 1.54) is 12.1 Å². The van der Waals surface area contributed by atoms with Gasteiger partial charge in [0.15, 0.2) is 0 Å². The van der Waals surface area contributed by atoms with Gasteiger partial charge in [0.1, 0.15) is 24.9 Å². The van der Waals surface area contributed by atoms with E-state index >= 15 is 0 Å². The number of halogens is 1. The van der Waals surface area contributed by atoms with E-state index in [1.54, 1.807) is 11.0 Å². The summed E-state index contributed by atoms with van der Waals surface area (Å²) in [6.07, 6.45) is 3.06. The molecule has 2 aromatic rings. The van der Waals surface area contributed by atoms with E-state index in [4.69, 9.17) is 9.47 Å². The van der Waals surface area contributed by atoms with Crippen molar-refractivity contribution in [2.45, 2.75) is 38.9 Å². The van der Waals surface area contributed by atoms with Gasteiger partial charge in [-0.25, -0.2) is 9.37 Å². The third-order valence-corrected chi connectivity index (χ3v) is 4.25. The van der Waals surface area contributed by atoms with Crippen LogP contribution >= 0.6 is 0 Å². The molecule has 1 atom stereocenters. The number of benzene rings is 1. The Labute approximate surface area is 146 Å². The van der Waals surface area contributed by atoms with E-state index in [9.17, 15) is 9.18 Å². The third-order valence-electron chi connectivity index (χ3n) is 4.25. The van der Waals surface area contributed by atoms with Crippen LogP contribution in [0.15, 0.2) is 18.2 Å². The molecule has 0 spiro atoms. The molecular formula is C18H24FN3O3. The molecule has 0 radical (unpaired) electrons. The summed E-state index contributed by atoms with van der Waals surface area (Å²) in [6.45, 7) is 4.38. The number of rotatable bonds is 7. The first kappa shape index (κ1) is 17.8. The number of H-pyrrole nitrogens is 1. The highest BCUT2D eigenvalue weighted by Crippen LogP contribution is 2.15. The molecule has 136 valence electrons. The number of likely N-dealkylation sites (tertiary alicyclic amines) is 1. The Kier molecular flexibility index (Phi) is 5.99. The number of carbonyl (C=O) groups excluding carboxylic acids is 1. The second-order valence-electron chi connectivity index (χ2n) is 6.31. The van der Waals surface area contributed by atoms with Crippen molar-refractivity contribution in [2.24, 2.45) is 0 Å². The molecule has 1 fully saturated rings. The van der Waals surface area contributed by atoms with Gasteiger partial charge in [-0.1, -0.05) is 6.92 Å². The number of hydrogen-bond acceptors (Lipinski definition) is 4. The molecule has 0 unspecified atom stereocenters. The van der Waals surface area contributed by atoms with Crippen LogP contribution in [-0.2, 0) is 20.9 Å². The Hall–Kier alpha value is -1.99. The highest BCUT2D eigenvalue weighted by atomic mass is 19.1. The number of fused-ring (bicyclic) bond motifs is 1. The lowest BCUT2D eigenvalue weighted by atomic mass is 10.1. The fourth-order valence-electron chi connectivity index (χ4n) is 3.01. The number of ether oxygens (including phenoxy) is 2. The summed E-state index contributed by atoms with van der Waals surface area (Å²) >= 11 is 0. The largest absolute Gasteiger partial charge is 0.376 e. The molecule has 1 aromatic heterocycles. The number of amides is 1. The van der Waals surface area contributed by atoms with Gasteiger partial charge in [0.25, 0.3) is 0 Å². The van der Waals surface area contributed by atoms with Gasteiger partial charge in [0, 0.05) is 19.7 Å². The molecule has 1 N–H and O–H groups in total. The minimum absolute atomic E-state index is 0.00586. The van der Waals surface area contributed by atoms with Gasteiger partial charge in [-0.15, -0.1) is 0 Å². The van der Waals surface area contributed by atoms with Gasteiger partial charge < -0.3 is 19.4 Å². The van der Waals surface area contributed by atoms with Crippen molar-refractivity contribution in [3.05, 3.63) is 29.8 Å². The summed E-state index contributed by atoms with van der Waals surface area (Å²) in [4.78, 5) is 21.4. The predicted octanol–water partition coefficient (Wildman–Crippen LogP) is 2.64. The molecule has 1 aromatic carbocycles. The number of nitrogens with zero attached hydrogens (tertiary/aromatic N) is 2. The normalized spacial score (nSPS) is 18.0. The lowest BCUT2D eigenvalue weighted by Crippen LogP contribution is -2.44. The zero-order valence-electron chi connectivity index (χ0n) is 14.5. The Bertz CT molecular complexity index is 719. The Morgan fingerprint density at radius 1 is 1.48 bits per heavy atom. The van der Waals surface area contributed by atoms with Crippen molar-refractivity contribution >= 4 is 16.9 Å². The minimum atomic E-state index is -0.316. The third kappa shape index (κ3) is 4.76. The van der Waals surface area contributed by atoms with Crippen LogP contribution < -0.4 is 0 Å². The van der Waals surface area contributed by atoms with E-state index in [2.05, 4.69) is 16.9 Å². The van der Waals surface area contributed by atoms with Crippen LogP contribution in [0.1, 0.15) is 32.0 Å². The van der Waals surface area contributed by atoms with E-state index in [1.807, 2.05) is 0 Å². The summed E-state index contributed by atoms with van der Waals surface area (Å²) in [7, 11) is 0. The number of imidazole rings is 1. The molecular weight excluding hydrogens is 325 g/mol. The van der Waals surface area contributed by atoms with Gasteiger partial charge >= 0.3 is 0 Å². The molecule has 2 heterocycles. The molecule has 1 amide bonds. The predicted molar refractivity (Wildman–Crippen MR) is 91.6 cm³/mol. The van der Waals surface area contributed by atoms with Crippen LogP contribution in [-0.4, -0.2) is 53.2 Å². The highest BCUT2D eigenvalue weighted by Gasteiger charge is 2.24. The molecule has 0 aliphatic carbocycles. The molecule has 7 heteroatoms. The molecule has 0 saturated carbocycles. The van der Waals surface area contributed by atoms with Crippen LogP contribution in [0.25, 0.3) is 11.0 Å². The average Bonchev–Trinajstić information content (AvgIpc) is 3.02. The summed E-state index contributed by atoms with van der Waals surface area (Å²) in [5, 5.41) is 0. The van der Waals surface area contributed by atoms with E-state index < -0.39 is 0 Å². The second-order valence-corrected chi connectivity index (χ2v) is 6.31. The monoisotopic (exact) mass is 349 g/mol. The summed E-state index contributed by atoms with van der Waals surface area (Å²) in [6, 6.07) is 4.37. The maximum atomic E-state index is 13.2. The van der Waals surface area contributed by atoms with Crippen molar-refractivity contribution in [1.29, 1.82) is 0 Å². The van der Waals surface area contributed by atoms with Crippen molar-refractivity contribution in [2.75, 3.05) is 26.3 Å². The summed E-state index contributed by atoms with van der Waals surface area (Å²) in [5.41, 5.74) is 1.30. The quantitative estimate of drug-likeness (QED) is 0.834. The van der Waals surface area contributed by atoms with Crippen molar-refractivity contribution < 1.29 is 18.7 Å². The molecule has 1 saturated heterocycles. The molecule has 25 heavy (non-hydrogen) atoms. The Morgan fingerprint density at radius 2 is 2.36 bits per heavy atom. The molecule has 6 nitrogen and oxygen atoms in total. The van der Waals surface area contributed by atoms with Gasteiger partial charge in [-0.2, -0.15) is 0 Å². The first-order valence-electron chi connectivity index (χ1n) is 8.77. The average molecular weight is 349 g/mol. The van der Waals surface area contributed by atoms with E-state index in [0.29, 0.717) is 23.4 Å². The standard InChI is InChI=1S/C18H24FN3O3/c1-2-8-25-14-4-3-7-22(10-14)18(23)12-24-11-17-20-15-6-5-13(19)9-16(15)21-17/h5-6,9,14H,2-4,7-8,10-12H2,1H3,(H,20,21)/t14-/m0/s1. The van der Waals surface area contributed by atoms with E-state index in [-0.39, 0.29) is 31.0 Å². The van der Waals surface area contributed by atoms with Crippen molar-refractivity contribution in [3.63, 3.8) is 0 Å². The highest BCUT2D eigenvalue weighted by molar-refractivity contribution is 5.77. The molecule has 3 rings (SSSR count). The lowest BCUT2D eigenvalue weighted by Gasteiger charge is -2.32. The minimum Gasteiger partial charge on any atom is -0.376 e. The van der Waals surface area contributed by atoms with E-state index in [0.717, 1.165) is 32.4 Å². The van der Waals surface area contributed by atoms with Crippen LogP contribution in [0.3, 0.4) is 0 Å². The van der Waals surface area contributed by atoms with Gasteiger partial charge in [-0.3, -0.25) is 4.79 Å². The summed E-state index contributed by atoms with van der Waals surface area (Å²) < 4.78 is 24.4. The zero-order chi connectivity index (χ0) is 17.6. The fourth-order valence-corrected chi connectivity index (χ4v) is 3.01. The number of nitrogens with one attached hydrogen (secondary N) is 1. The number of aromatic amines is 1. The number of carbonyl (C=O) groups is 1. The maximum Gasteiger partial charge on any atom is 0.248 e. The fraction of sp³-hybridized carbons (Fsp3) is 0.556. The van der Waals surface area contributed by atoms with Crippen LogP contribution in [0.5, 0.6) is 0 Å². The Balaban J connectivity index is 1.46. The second kappa shape index (κ2) is 8.40. The summed E-state index contributed by atoms with van der Waals surface area (Å²) in [5.74, 6) is 0.229. The maximum absolute atomic E-state index is 13.2. The first-order valence-corrected chi connectivity index (χ1v) is 8.77. The smallest absolute Gasteiger partial charge is 0.248 e. The Morgan fingerprint density at radius 3 is 3.20 bits per heavy atom. The van der Waals surface area contributed by atoms with Crippen LogP contribution in [0.4, 0.5) is 4.39 Å². The van der Waals surface area contributed by atoms with Crippen molar-refractivity contribution in [1.82, 2.24) is 14.9 Å².